The van der Waals surface area contributed by atoms with Gasteiger partial charge in [-0.1, -0.05) is 23.1 Å². The second-order valence-corrected chi connectivity index (χ2v) is 6.22. The van der Waals surface area contributed by atoms with Crippen LogP contribution in [-0.4, -0.2) is 45.6 Å². The Bertz CT molecular complexity index is 479. The van der Waals surface area contributed by atoms with Crippen molar-refractivity contribution in [3.05, 3.63) is 0 Å². The molecule has 2 unspecified atom stereocenters. The number of anilines is 1. The van der Waals surface area contributed by atoms with Crippen molar-refractivity contribution in [3.8, 4) is 0 Å². The van der Waals surface area contributed by atoms with E-state index < -0.39 is 5.97 Å². The van der Waals surface area contributed by atoms with Crippen LogP contribution in [0, 0.1) is 5.92 Å². The van der Waals surface area contributed by atoms with E-state index in [1.165, 1.54) is 11.3 Å². The Hall–Kier alpha value is -1.19. The monoisotopic (exact) mass is 303 g/mol. The van der Waals surface area contributed by atoms with Crippen LogP contribution in [0.4, 0.5) is 5.13 Å². The van der Waals surface area contributed by atoms with Gasteiger partial charge in [-0.2, -0.15) is 0 Å². The van der Waals surface area contributed by atoms with Gasteiger partial charge in [0.05, 0.1) is 17.8 Å². The Morgan fingerprint density at radius 2 is 2.37 bits per heavy atom. The summed E-state index contributed by atoms with van der Waals surface area (Å²) in [7, 11) is 0. The quantitative estimate of drug-likeness (QED) is 0.620. The van der Waals surface area contributed by atoms with Crippen molar-refractivity contribution in [2.45, 2.75) is 23.8 Å². The summed E-state index contributed by atoms with van der Waals surface area (Å²) in [6.45, 7) is 2.46. The Kier molecular flexibility index (Phi) is 4.72. The van der Waals surface area contributed by atoms with Crippen LogP contribution >= 0.6 is 23.1 Å². The first-order chi connectivity index (χ1) is 9.06. The second kappa shape index (κ2) is 6.31. The van der Waals surface area contributed by atoms with Crippen molar-refractivity contribution < 1.29 is 19.4 Å². The van der Waals surface area contributed by atoms with Crippen molar-refractivity contribution in [1.29, 1.82) is 0 Å². The number of hydrogen-bond acceptors (Lipinski definition) is 7. The molecule has 0 aromatic carbocycles. The molecular formula is C10H13N3O4S2. The molecule has 0 aliphatic carbocycles. The fraction of sp³-hybridized carbons (Fsp3) is 0.600. The van der Waals surface area contributed by atoms with Gasteiger partial charge in [0.2, 0.25) is 11.0 Å². The zero-order chi connectivity index (χ0) is 13.8. The third-order valence-corrected chi connectivity index (χ3v) is 4.63. The molecule has 2 rings (SSSR count). The molecule has 19 heavy (non-hydrogen) atoms. The highest BCUT2D eigenvalue weighted by atomic mass is 32.2. The number of carbonyl (C=O) groups excluding carboxylic acids is 1. The van der Waals surface area contributed by atoms with E-state index in [2.05, 4.69) is 15.5 Å². The first-order valence-corrected chi connectivity index (χ1v) is 7.47. The van der Waals surface area contributed by atoms with Crippen LogP contribution in [0.3, 0.4) is 0 Å². The van der Waals surface area contributed by atoms with Gasteiger partial charge in [-0.3, -0.25) is 9.59 Å². The smallest absolute Gasteiger partial charge is 0.313 e. The summed E-state index contributed by atoms with van der Waals surface area (Å²) in [6.07, 6.45) is 0.612. The molecule has 1 aromatic heterocycles. The van der Waals surface area contributed by atoms with Crippen LogP contribution in [0.5, 0.6) is 0 Å². The first-order valence-electron chi connectivity index (χ1n) is 5.67. The molecule has 1 saturated heterocycles. The summed E-state index contributed by atoms with van der Waals surface area (Å²) >= 11 is 2.25. The molecule has 1 fully saturated rings. The number of nitrogens with zero attached hydrogens (tertiary/aromatic N) is 2. The van der Waals surface area contributed by atoms with Crippen LogP contribution in [-0.2, 0) is 14.3 Å². The van der Waals surface area contributed by atoms with Crippen molar-refractivity contribution in [2.75, 3.05) is 17.7 Å². The Labute approximate surface area is 117 Å². The van der Waals surface area contributed by atoms with E-state index in [-0.39, 0.29) is 23.7 Å². The predicted octanol–water partition coefficient (Wildman–Crippen LogP) is 1.08. The maximum atomic E-state index is 11.9. The van der Waals surface area contributed by atoms with E-state index in [4.69, 9.17) is 9.84 Å². The van der Waals surface area contributed by atoms with E-state index in [1.54, 1.807) is 0 Å². The highest BCUT2D eigenvalue weighted by Gasteiger charge is 2.31. The lowest BCUT2D eigenvalue weighted by atomic mass is 10.0. The first kappa shape index (κ1) is 14.2. The second-order valence-electron chi connectivity index (χ2n) is 4.02. The number of carbonyl (C=O) groups is 2. The fourth-order valence-corrected chi connectivity index (χ4v) is 3.19. The lowest BCUT2D eigenvalue weighted by molar-refractivity contribution is -0.134. The number of thioether (sulfide) groups is 1. The molecule has 104 valence electrons. The average Bonchev–Trinajstić information content (AvgIpc) is 2.95. The summed E-state index contributed by atoms with van der Waals surface area (Å²) in [6, 6.07) is 0. The SMILES string of the molecule is CC1OCCC1C(=O)Nc1nnc(SCC(=O)O)s1. The van der Waals surface area contributed by atoms with E-state index in [0.29, 0.717) is 22.5 Å². The number of carboxylic acid groups (broad SMARTS) is 1. The molecule has 1 aliphatic heterocycles. The number of aromatic nitrogens is 2. The summed E-state index contributed by atoms with van der Waals surface area (Å²) in [4.78, 5) is 22.4. The Morgan fingerprint density at radius 3 is 3.00 bits per heavy atom. The van der Waals surface area contributed by atoms with Gasteiger partial charge < -0.3 is 15.2 Å². The minimum absolute atomic E-state index is 0.0733. The van der Waals surface area contributed by atoms with Gasteiger partial charge in [0.1, 0.15) is 0 Å². The number of rotatable bonds is 5. The highest BCUT2D eigenvalue weighted by molar-refractivity contribution is 8.01. The van der Waals surface area contributed by atoms with Crippen LogP contribution in [0.15, 0.2) is 4.34 Å². The number of ether oxygens (including phenoxy) is 1. The van der Waals surface area contributed by atoms with Gasteiger partial charge in [0, 0.05) is 6.61 Å². The summed E-state index contributed by atoms with van der Waals surface area (Å²) in [5.74, 6) is -1.28. The molecule has 2 N–H and O–H groups in total. The largest absolute Gasteiger partial charge is 0.481 e. The molecule has 0 saturated carbocycles. The topological polar surface area (TPSA) is 101 Å². The van der Waals surface area contributed by atoms with Gasteiger partial charge in [-0.05, 0) is 13.3 Å². The summed E-state index contributed by atoms with van der Waals surface area (Å²) < 4.78 is 5.85. The molecule has 0 radical (unpaired) electrons. The maximum Gasteiger partial charge on any atom is 0.313 e. The zero-order valence-electron chi connectivity index (χ0n) is 10.2. The molecule has 1 aromatic rings. The lowest BCUT2D eigenvalue weighted by Gasteiger charge is -2.11. The van der Waals surface area contributed by atoms with Crippen LogP contribution in [0.2, 0.25) is 0 Å². The number of carboxylic acids is 1. The van der Waals surface area contributed by atoms with E-state index in [1.807, 2.05) is 6.92 Å². The Morgan fingerprint density at radius 1 is 1.58 bits per heavy atom. The van der Waals surface area contributed by atoms with Gasteiger partial charge in [-0.25, -0.2) is 0 Å². The molecule has 9 heteroatoms. The third-order valence-electron chi connectivity index (χ3n) is 2.67. The lowest BCUT2D eigenvalue weighted by Crippen LogP contribution is -2.27. The van der Waals surface area contributed by atoms with Gasteiger partial charge >= 0.3 is 5.97 Å². The standard InChI is InChI=1S/C10H13N3O4S2/c1-5-6(2-3-17-5)8(16)11-9-12-13-10(19-9)18-4-7(14)15/h5-6H,2-4H2,1H3,(H,14,15)(H,11,12,16). The molecule has 0 bridgehead atoms. The highest BCUT2D eigenvalue weighted by Crippen LogP contribution is 2.27. The van der Waals surface area contributed by atoms with Crippen LogP contribution in [0.25, 0.3) is 0 Å². The number of aliphatic carboxylic acids is 1. The molecule has 1 aliphatic rings. The molecule has 2 heterocycles. The summed E-state index contributed by atoms with van der Waals surface area (Å²) in [5.41, 5.74) is 0. The van der Waals surface area contributed by atoms with Crippen molar-refractivity contribution in [1.82, 2.24) is 10.2 Å². The van der Waals surface area contributed by atoms with E-state index in [9.17, 15) is 9.59 Å². The predicted molar refractivity (Wildman–Crippen MR) is 70.4 cm³/mol. The van der Waals surface area contributed by atoms with Crippen molar-refractivity contribution in [2.24, 2.45) is 5.92 Å². The van der Waals surface area contributed by atoms with Crippen molar-refractivity contribution in [3.63, 3.8) is 0 Å². The van der Waals surface area contributed by atoms with Gasteiger partial charge in [0.25, 0.3) is 0 Å². The number of hydrogen-bond donors (Lipinski definition) is 2. The fourth-order valence-electron chi connectivity index (χ4n) is 1.72. The zero-order valence-corrected chi connectivity index (χ0v) is 11.8. The van der Waals surface area contributed by atoms with Crippen LogP contribution < -0.4 is 5.32 Å². The molecule has 7 nitrogen and oxygen atoms in total. The normalized spacial score (nSPS) is 22.4. The number of nitrogens with one attached hydrogen (secondary N) is 1. The van der Waals surface area contributed by atoms with Gasteiger partial charge in [0.15, 0.2) is 4.34 Å². The maximum absolute atomic E-state index is 11.9. The molecular weight excluding hydrogens is 290 g/mol. The van der Waals surface area contributed by atoms with Crippen molar-refractivity contribution >= 4 is 40.1 Å². The van der Waals surface area contributed by atoms with E-state index >= 15 is 0 Å². The van der Waals surface area contributed by atoms with E-state index in [0.717, 1.165) is 11.8 Å². The van der Waals surface area contributed by atoms with Crippen LogP contribution in [0.1, 0.15) is 13.3 Å². The Balaban J connectivity index is 1.88. The van der Waals surface area contributed by atoms with Gasteiger partial charge in [-0.15, -0.1) is 10.2 Å². The minimum atomic E-state index is -0.914. The molecule has 2 atom stereocenters. The summed E-state index contributed by atoms with van der Waals surface area (Å²) in [5, 5.41) is 19.2. The molecule has 0 spiro atoms. The third kappa shape index (κ3) is 3.88. The number of amides is 1. The minimum Gasteiger partial charge on any atom is -0.481 e. The molecule has 1 amide bonds. The average molecular weight is 303 g/mol.